The zero-order valence-corrected chi connectivity index (χ0v) is 14.2. The van der Waals surface area contributed by atoms with Crippen LogP contribution in [-0.2, 0) is 9.53 Å². The molecule has 1 aromatic heterocycles. The van der Waals surface area contributed by atoms with Crippen molar-refractivity contribution >= 4 is 34.9 Å². The predicted molar refractivity (Wildman–Crippen MR) is 92.8 cm³/mol. The molecule has 2 aromatic rings. The summed E-state index contributed by atoms with van der Waals surface area (Å²) in [7, 11) is 1.23. The van der Waals surface area contributed by atoms with E-state index in [1.807, 2.05) is 6.07 Å². The highest BCUT2D eigenvalue weighted by molar-refractivity contribution is 6.32. The number of methoxy groups -OCH3 is 1. The second-order valence-electron chi connectivity index (χ2n) is 5.56. The van der Waals surface area contributed by atoms with E-state index in [1.165, 1.54) is 17.9 Å². The fourth-order valence-corrected chi connectivity index (χ4v) is 3.09. The third-order valence-electron chi connectivity index (χ3n) is 4.12. The van der Waals surface area contributed by atoms with Crippen LogP contribution in [0.2, 0.25) is 5.02 Å². The number of esters is 1. The minimum Gasteiger partial charge on any atom is -0.464 e. The van der Waals surface area contributed by atoms with Gasteiger partial charge in [-0.05, 0) is 24.6 Å². The molecule has 0 atom stereocenters. The number of nitrogens with zero attached hydrogens (tertiary/aromatic N) is 3. The van der Waals surface area contributed by atoms with Crippen LogP contribution in [0, 0.1) is 11.3 Å². The highest BCUT2D eigenvalue weighted by Crippen LogP contribution is 2.32. The summed E-state index contributed by atoms with van der Waals surface area (Å²) in [4.78, 5) is 25.8. The average molecular weight is 359 g/mol. The van der Waals surface area contributed by atoms with Crippen LogP contribution in [-0.4, -0.2) is 30.1 Å². The summed E-state index contributed by atoms with van der Waals surface area (Å²) >= 11 is 6.30. The molecule has 0 unspecified atom stereocenters. The lowest BCUT2D eigenvalue weighted by molar-refractivity contribution is -0.117. The van der Waals surface area contributed by atoms with Crippen molar-refractivity contribution in [1.82, 2.24) is 4.57 Å². The zero-order chi connectivity index (χ0) is 18.1. The third-order valence-corrected chi connectivity index (χ3v) is 4.44. The van der Waals surface area contributed by atoms with Gasteiger partial charge in [0.2, 0.25) is 5.91 Å². The van der Waals surface area contributed by atoms with E-state index in [-0.39, 0.29) is 22.9 Å². The van der Waals surface area contributed by atoms with Gasteiger partial charge in [0.15, 0.2) is 5.69 Å². The second kappa shape index (κ2) is 6.49. The first-order valence-corrected chi connectivity index (χ1v) is 7.95. The third kappa shape index (κ3) is 2.81. The van der Waals surface area contributed by atoms with Crippen molar-refractivity contribution in [2.45, 2.75) is 12.8 Å². The van der Waals surface area contributed by atoms with Crippen molar-refractivity contribution in [3.05, 3.63) is 40.7 Å². The fourth-order valence-electron chi connectivity index (χ4n) is 2.88. The van der Waals surface area contributed by atoms with E-state index < -0.39 is 5.97 Å². The number of amides is 1. The number of anilines is 2. The van der Waals surface area contributed by atoms with Crippen LogP contribution in [0.1, 0.15) is 28.9 Å². The molecule has 1 amide bonds. The Morgan fingerprint density at radius 2 is 2.20 bits per heavy atom. The van der Waals surface area contributed by atoms with Gasteiger partial charge in [0.05, 0.1) is 29.1 Å². The summed E-state index contributed by atoms with van der Waals surface area (Å²) in [5.74, 6) is -0.649. The first kappa shape index (κ1) is 16.9. The molecule has 0 spiro atoms. The van der Waals surface area contributed by atoms with E-state index in [1.54, 1.807) is 23.1 Å². The summed E-state index contributed by atoms with van der Waals surface area (Å²) in [6.07, 6.45) is 2.72. The van der Waals surface area contributed by atoms with Gasteiger partial charge in [0.25, 0.3) is 0 Å². The molecular weight excluding hydrogens is 344 g/mol. The first-order chi connectivity index (χ1) is 12.0. The topological polar surface area (TPSA) is 101 Å². The summed E-state index contributed by atoms with van der Waals surface area (Å²) in [6, 6.07) is 7.01. The van der Waals surface area contributed by atoms with Crippen molar-refractivity contribution in [2.24, 2.45) is 0 Å². The van der Waals surface area contributed by atoms with Crippen LogP contribution >= 0.6 is 11.6 Å². The number of hydrogen-bond donors (Lipinski definition) is 1. The Balaban J connectivity index is 2.18. The van der Waals surface area contributed by atoms with E-state index in [0.29, 0.717) is 29.4 Å². The second-order valence-corrected chi connectivity index (χ2v) is 5.97. The summed E-state index contributed by atoms with van der Waals surface area (Å²) < 4.78 is 6.19. The van der Waals surface area contributed by atoms with Crippen LogP contribution in [0.5, 0.6) is 0 Å². The van der Waals surface area contributed by atoms with Crippen molar-refractivity contribution in [2.75, 3.05) is 24.3 Å². The molecule has 7 nitrogen and oxygen atoms in total. The quantitative estimate of drug-likeness (QED) is 0.849. The number of halogens is 1. The number of carbonyl (C=O) groups is 2. The van der Waals surface area contributed by atoms with Crippen LogP contribution in [0.3, 0.4) is 0 Å². The molecule has 1 aliphatic rings. The molecule has 0 bridgehead atoms. The molecule has 3 rings (SSSR count). The average Bonchev–Trinajstić information content (AvgIpc) is 3.18. The molecule has 1 aliphatic heterocycles. The molecule has 2 heterocycles. The zero-order valence-electron chi connectivity index (χ0n) is 13.5. The number of nitrogens with two attached hydrogens (primary N) is 1. The van der Waals surface area contributed by atoms with Crippen LogP contribution in [0.4, 0.5) is 11.4 Å². The first-order valence-electron chi connectivity index (χ1n) is 7.57. The molecule has 1 fully saturated rings. The van der Waals surface area contributed by atoms with Gasteiger partial charge >= 0.3 is 5.97 Å². The lowest BCUT2D eigenvalue weighted by atomic mass is 10.2. The maximum Gasteiger partial charge on any atom is 0.357 e. The Labute approximate surface area is 149 Å². The molecule has 1 aromatic carbocycles. The van der Waals surface area contributed by atoms with Crippen molar-refractivity contribution in [3.63, 3.8) is 0 Å². The largest absolute Gasteiger partial charge is 0.464 e. The smallest absolute Gasteiger partial charge is 0.357 e. The van der Waals surface area contributed by atoms with Gasteiger partial charge in [-0.3, -0.25) is 4.79 Å². The minimum absolute atomic E-state index is 0.0193. The number of nitriles is 1. The molecule has 25 heavy (non-hydrogen) atoms. The number of hydrogen-bond acceptors (Lipinski definition) is 5. The Bertz CT molecular complexity index is 913. The number of nitrogen functional groups attached to an aromatic ring is 1. The molecule has 0 radical (unpaired) electrons. The van der Waals surface area contributed by atoms with E-state index in [9.17, 15) is 14.9 Å². The molecule has 0 aliphatic carbocycles. The number of benzene rings is 1. The lowest BCUT2D eigenvalue weighted by Crippen LogP contribution is -2.23. The predicted octanol–water partition coefficient (Wildman–Crippen LogP) is 2.50. The number of aromatic nitrogens is 1. The number of ether oxygens (including phenoxy) is 1. The Morgan fingerprint density at radius 3 is 2.80 bits per heavy atom. The van der Waals surface area contributed by atoms with Crippen LogP contribution in [0.15, 0.2) is 24.4 Å². The maximum atomic E-state index is 12.1. The maximum absolute atomic E-state index is 12.1. The fraction of sp³-hybridized carbons (Fsp3) is 0.235. The standard InChI is InChI=1S/C17H15ClN4O3/c1-25-17(24)16-15(20)10(8-19)9-22(16)13-7-11(4-5-12(13)18)21-6-2-3-14(21)23/h4-5,7,9H,2-3,6,20H2,1H3. The van der Waals surface area contributed by atoms with Gasteiger partial charge in [-0.25, -0.2) is 4.79 Å². The van der Waals surface area contributed by atoms with E-state index >= 15 is 0 Å². The highest BCUT2D eigenvalue weighted by Gasteiger charge is 2.25. The summed E-state index contributed by atoms with van der Waals surface area (Å²) in [5, 5.41) is 9.55. The monoisotopic (exact) mass is 358 g/mol. The van der Waals surface area contributed by atoms with Crippen LogP contribution in [0.25, 0.3) is 5.69 Å². The van der Waals surface area contributed by atoms with Gasteiger partial charge in [0, 0.05) is 24.8 Å². The normalized spacial score (nSPS) is 13.8. The number of carbonyl (C=O) groups excluding carboxylic acids is 2. The van der Waals surface area contributed by atoms with Crippen molar-refractivity contribution < 1.29 is 14.3 Å². The van der Waals surface area contributed by atoms with E-state index in [0.717, 1.165) is 6.42 Å². The van der Waals surface area contributed by atoms with Gasteiger partial charge < -0.3 is 19.9 Å². The van der Waals surface area contributed by atoms with Gasteiger partial charge in [0.1, 0.15) is 6.07 Å². The Kier molecular flexibility index (Phi) is 4.38. The van der Waals surface area contributed by atoms with Crippen molar-refractivity contribution in [1.29, 1.82) is 5.26 Å². The molecule has 1 saturated heterocycles. The summed E-state index contributed by atoms with van der Waals surface area (Å²) in [5.41, 5.74) is 7.20. The lowest BCUT2D eigenvalue weighted by Gasteiger charge is -2.18. The van der Waals surface area contributed by atoms with Crippen LogP contribution < -0.4 is 10.6 Å². The van der Waals surface area contributed by atoms with Gasteiger partial charge in [-0.15, -0.1) is 0 Å². The van der Waals surface area contributed by atoms with Gasteiger partial charge in [-0.1, -0.05) is 11.6 Å². The van der Waals surface area contributed by atoms with E-state index in [2.05, 4.69) is 0 Å². The SMILES string of the molecule is COC(=O)c1c(N)c(C#N)cn1-c1cc(N2CCCC2=O)ccc1Cl. The Hall–Kier alpha value is -2.98. The van der Waals surface area contributed by atoms with E-state index in [4.69, 9.17) is 22.1 Å². The van der Waals surface area contributed by atoms with Crippen molar-refractivity contribution in [3.8, 4) is 11.8 Å². The minimum atomic E-state index is -0.683. The Morgan fingerprint density at radius 1 is 1.44 bits per heavy atom. The number of rotatable bonds is 3. The summed E-state index contributed by atoms with van der Waals surface area (Å²) in [6.45, 7) is 0.626. The molecular formula is C17H15ClN4O3. The highest BCUT2D eigenvalue weighted by atomic mass is 35.5. The molecule has 0 saturated carbocycles. The van der Waals surface area contributed by atoms with Gasteiger partial charge in [-0.2, -0.15) is 5.26 Å². The molecule has 128 valence electrons. The molecule has 8 heteroatoms. The molecule has 2 N–H and O–H groups in total.